The number of aromatic nitrogens is 2. The average Bonchev–Trinajstić information content (AvgIpc) is 3.37. The summed E-state index contributed by atoms with van der Waals surface area (Å²) < 4.78 is 36.0. The minimum atomic E-state index is -3.91. The van der Waals surface area contributed by atoms with Gasteiger partial charge in [0.05, 0.1) is 11.7 Å². The Morgan fingerprint density at radius 1 is 1.14 bits per heavy atom. The Morgan fingerprint density at radius 2 is 1.90 bits per heavy atom. The zero-order chi connectivity index (χ0) is 20.6. The maximum Gasteiger partial charge on any atom is 0.246 e. The van der Waals surface area contributed by atoms with Crippen molar-refractivity contribution in [3.63, 3.8) is 0 Å². The second-order valence-corrected chi connectivity index (χ2v) is 9.17. The Morgan fingerprint density at radius 3 is 2.62 bits per heavy atom. The molecule has 0 bridgehead atoms. The van der Waals surface area contributed by atoms with Crippen molar-refractivity contribution < 1.29 is 18.0 Å². The fourth-order valence-corrected chi connectivity index (χ4v) is 5.83. The third-order valence-corrected chi connectivity index (χ3v) is 7.38. The smallest absolute Gasteiger partial charge is 0.246 e. The SMILES string of the molecule is CC(=O)c1ccc(NC(=O)[C@H]2CCCN2S(=O)(=O)c2cccc3nsnc23)cc1. The molecule has 0 radical (unpaired) electrons. The minimum absolute atomic E-state index is 0.0641. The van der Waals surface area contributed by atoms with E-state index in [-0.39, 0.29) is 17.2 Å². The largest absolute Gasteiger partial charge is 0.325 e. The summed E-state index contributed by atoms with van der Waals surface area (Å²) in [5, 5.41) is 2.75. The van der Waals surface area contributed by atoms with Gasteiger partial charge in [-0.1, -0.05) is 6.07 Å². The van der Waals surface area contributed by atoms with Crippen molar-refractivity contribution in [1.29, 1.82) is 0 Å². The number of nitrogens with one attached hydrogen (secondary N) is 1. The summed E-state index contributed by atoms with van der Waals surface area (Å²) in [6, 6.07) is 10.5. The molecule has 3 aromatic rings. The number of fused-ring (bicyclic) bond motifs is 1. The summed E-state index contributed by atoms with van der Waals surface area (Å²) in [6.07, 6.45) is 1.02. The molecule has 4 rings (SSSR count). The van der Waals surface area contributed by atoms with Crippen LogP contribution >= 0.6 is 11.7 Å². The van der Waals surface area contributed by atoms with Gasteiger partial charge in [-0.2, -0.15) is 13.1 Å². The normalized spacial score (nSPS) is 17.5. The number of sulfonamides is 1. The highest BCUT2D eigenvalue weighted by atomic mass is 32.2. The Hall–Kier alpha value is -2.69. The monoisotopic (exact) mass is 430 g/mol. The van der Waals surface area contributed by atoms with E-state index in [0.717, 1.165) is 11.7 Å². The van der Waals surface area contributed by atoms with Gasteiger partial charge in [-0.3, -0.25) is 9.59 Å². The lowest BCUT2D eigenvalue weighted by atomic mass is 10.1. The third-order valence-electron chi connectivity index (χ3n) is 4.90. The van der Waals surface area contributed by atoms with Gasteiger partial charge in [-0.25, -0.2) is 8.42 Å². The summed E-state index contributed by atoms with van der Waals surface area (Å²) in [4.78, 5) is 24.3. The second-order valence-electron chi connectivity index (χ2n) is 6.78. The molecule has 1 aliphatic heterocycles. The van der Waals surface area contributed by atoms with E-state index < -0.39 is 22.0 Å². The van der Waals surface area contributed by atoms with Crippen molar-refractivity contribution in [3.05, 3.63) is 48.0 Å². The number of carbonyl (C=O) groups excluding carboxylic acids is 2. The predicted octanol–water partition coefficient (Wildman–Crippen LogP) is 2.69. The van der Waals surface area contributed by atoms with Crippen molar-refractivity contribution in [3.8, 4) is 0 Å². The molecule has 0 aliphatic carbocycles. The first-order valence-electron chi connectivity index (χ1n) is 9.03. The van der Waals surface area contributed by atoms with Crippen LogP contribution in [0.5, 0.6) is 0 Å². The minimum Gasteiger partial charge on any atom is -0.325 e. The number of anilines is 1. The molecule has 10 heteroatoms. The molecule has 1 aromatic heterocycles. The summed E-state index contributed by atoms with van der Waals surface area (Å²) in [7, 11) is -3.91. The van der Waals surface area contributed by atoms with Crippen LogP contribution in [0.2, 0.25) is 0 Å². The number of nitrogens with zero attached hydrogens (tertiary/aromatic N) is 3. The van der Waals surface area contributed by atoms with E-state index in [1.165, 1.54) is 17.3 Å². The first-order valence-corrected chi connectivity index (χ1v) is 11.2. The van der Waals surface area contributed by atoms with Crippen LogP contribution in [0.4, 0.5) is 5.69 Å². The van der Waals surface area contributed by atoms with Crippen LogP contribution in [-0.2, 0) is 14.8 Å². The van der Waals surface area contributed by atoms with Crippen LogP contribution in [0.25, 0.3) is 11.0 Å². The van der Waals surface area contributed by atoms with E-state index in [4.69, 9.17) is 0 Å². The lowest BCUT2D eigenvalue weighted by Gasteiger charge is -2.23. The molecule has 1 fully saturated rings. The van der Waals surface area contributed by atoms with Crippen LogP contribution in [0.1, 0.15) is 30.1 Å². The molecule has 1 saturated heterocycles. The number of Topliss-reactive ketones (excluding diaryl/α,β-unsaturated/α-hetero) is 1. The van der Waals surface area contributed by atoms with Crippen LogP contribution < -0.4 is 5.32 Å². The first-order chi connectivity index (χ1) is 13.9. The molecule has 1 amide bonds. The molecule has 1 N–H and O–H groups in total. The fraction of sp³-hybridized carbons (Fsp3) is 0.263. The van der Waals surface area contributed by atoms with Crippen LogP contribution in [-0.4, -0.2) is 45.7 Å². The van der Waals surface area contributed by atoms with Crippen molar-refractivity contribution in [2.24, 2.45) is 0 Å². The van der Waals surface area contributed by atoms with Crippen molar-refractivity contribution in [2.75, 3.05) is 11.9 Å². The molecular weight excluding hydrogens is 412 g/mol. The molecule has 0 spiro atoms. The quantitative estimate of drug-likeness (QED) is 0.623. The van der Waals surface area contributed by atoms with Crippen LogP contribution in [0, 0.1) is 0 Å². The Labute approximate surface area is 171 Å². The highest BCUT2D eigenvalue weighted by molar-refractivity contribution is 7.89. The van der Waals surface area contributed by atoms with E-state index in [1.807, 2.05) is 0 Å². The molecule has 150 valence electrons. The first kappa shape index (κ1) is 19.6. The molecule has 8 nitrogen and oxygen atoms in total. The number of benzene rings is 2. The van der Waals surface area contributed by atoms with Gasteiger partial charge in [0.25, 0.3) is 0 Å². The zero-order valence-electron chi connectivity index (χ0n) is 15.5. The van der Waals surface area contributed by atoms with E-state index >= 15 is 0 Å². The highest BCUT2D eigenvalue weighted by Crippen LogP contribution is 2.30. The van der Waals surface area contributed by atoms with E-state index in [9.17, 15) is 18.0 Å². The lowest BCUT2D eigenvalue weighted by molar-refractivity contribution is -0.119. The Balaban J connectivity index is 1.59. The Kier molecular flexibility index (Phi) is 5.15. The molecule has 2 heterocycles. The molecule has 0 saturated carbocycles. The maximum atomic E-state index is 13.3. The average molecular weight is 431 g/mol. The van der Waals surface area contributed by atoms with Gasteiger partial charge in [0.1, 0.15) is 22.0 Å². The summed E-state index contributed by atoms with van der Waals surface area (Å²) in [6.45, 7) is 1.73. The Bertz CT molecular complexity index is 1190. The summed E-state index contributed by atoms with van der Waals surface area (Å²) >= 11 is 0.951. The number of carbonyl (C=O) groups is 2. The molecule has 1 atom stereocenters. The molecule has 0 unspecified atom stereocenters. The van der Waals surface area contributed by atoms with E-state index in [2.05, 4.69) is 14.1 Å². The second kappa shape index (κ2) is 7.62. The van der Waals surface area contributed by atoms with E-state index in [0.29, 0.717) is 35.1 Å². The van der Waals surface area contributed by atoms with Crippen molar-refractivity contribution in [1.82, 2.24) is 13.1 Å². The number of hydrogen-bond acceptors (Lipinski definition) is 7. The topological polar surface area (TPSA) is 109 Å². The summed E-state index contributed by atoms with van der Waals surface area (Å²) in [5.74, 6) is -0.466. The van der Waals surface area contributed by atoms with E-state index in [1.54, 1.807) is 36.4 Å². The number of rotatable bonds is 5. The van der Waals surface area contributed by atoms with Gasteiger partial charge in [-0.15, -0.1) is 0 Å². The molecule has 1 aliphatic rings. The van der Waals surface area contributed by atoms with Crippen LogP contribution in [0.15, 0.2) is 47.4 Å². The van der Waals surface area contributed by atoms with Crippen LogP contribution in [0.3, 0.4) is 0 Å². The van der Waals surface area contributed by atoms with Gasteiger partial charge in [0.15, 0.2) is 5.78 Å². The van der Waals surface area contributed by atoms with Crippen molar-refractivity contribution >= 4 is 50.2 Å². The van der Waals surface area contributed by atoms with Gasteiger partial charge < -0.3 is 5.32 Å². The molecule has 2 aromatic carbocycles. The molecular formula is C19H18N4O4S2. The van der Waals surface area contributed by atoms with Gasteiger partial charge >= 0.3 is 0 Å². The third kappa shape index (κ3) is 3.66. The number of amides is 1. The van der Waals surface area contributed by atoms with Gasteiger partial charge in [0, 0.05) is 17.8 Å². The lowest BCUT2D eigenvalue weighted by Crippen LogP contribution is -2.43. The summed E-state index contributed by atoms with van der Waals surface area (Å²) in [5.41, 5.74) is 1.89. The number of hydrogen-bond donors (Lipinski definition) is 1. The maximum absolute atomic E-state index is 13.3. The van der Waals surface area contributed by atoms with Gasteiger partial charge in [0.2, 0.25) is 15.9 Å². The molecule has 29 heavy (non-hydrogen) atoms. The zero-order valence-corrected chi connectivity index (χ0v) is 17.2. The number of ketones is 1. The van der Waals surface area contributed by atoms with Crippen molar-refractivity contribution in [2.45, 2.75) is 30.7 Å². The standard InChI is InChI=1S/C19H18N4O4S2/c1-12(24)13-7-9-14(10-8-13)20-19(25)16-5-3-11-23(16)29(26,27)17-6-2-4-15-18(17)22-28-21-15/h2,4,6-10,16H,3,5,11H2,1H3,(H,20,25)/t16-/m1/s1. The fourth-order valence-electron chi connectivity index (χ4n) is 3.42. The predicted molar refractivity (Wildman–Crippen MR) is 109 cm³/mol. The highest BCUT2D eigenvalue weighted by Gasteiger charge is 2.40. The van der Waals surface area contributed by atoms with Gasteiger partial charge in [-0.05, 0) is 56.2 Å².